The first-order valence-electron chi connectivity index (χ1n) is 12.3. The minimum Gasteiger partial charge on any atom is -0.488 e. The molecule has 1 atom stereocenters. The van der Waals surface area contributed by atoms with Gasteiger partial charge in [-0.15, -0.1) is 0 Å². The number of aryl methyl sites for hydroxylation is 1. The summed E-state index contributed by atoms with van der Waals surface area (Å²) < 4.78 is 18.2. The molecule has 3 nitrogen and oxygen atoms in total. The highest BCUT2D eigenvalue weighted by atomic mass is 16.5. The van der Waals surface area contributed by atoms with E-state index in [-0.39, 0.29) is 0 Å². The van der Waals surface area contributed by atoms with Crippen LogP contribution >= 0.6 is 0 Å². The molecule has 0 aliphatic carbocycles. The van der Waals surface area contributed by atoms with Gasteiger partial charge in [0.15, 0.2) is 0 Å². The molecule has 0 N–H and O–H groups in total. The number of methoxy groups -OCH3 is 2. The zero-order chi connectivity index (χ0) is 25.0. The second kappa shape index (κ2) is 11.1. The quantitative estimate of drug-likeness (QED) is 0.343. The topological polar surface area (TPSA) is 27.7 Å². The standard InChI is InChI=1S/C30H46O3/c1-20(2)16-25(21(3)4)24-14-12-23(13-15-24)19-33-28-26(29(6,7)31-10)17-22(5)18-27(28)30(8,9)32-11/h12-15,17-18,20-21,25H,16,19H2,1-11H3. The van der Waals surface area contributed by atoms with Crippen LogP contribution in [-0.4, -0.2) is 14.2 Å². The molecule has 33 heavy (non-hydrogen) atoms. The van der Waals surface area contributed by atoms with Crippen LogP contribution in [0.1, 0.15) is 95.5 Å². The summed E-state index contributed by atoms with van der Waals surface area (Å²) in [7, 11) is 3.49. The first kappa shape index (κ1) is 27.4. The fourth-order valence-electron chi connectivity index (χ4n) is 4.36. The molecule has 3 heteroatoms. The Bertz CT molecular complexity index is 854. The molecule has 2 aromatic rings. The maximum atomic E-state index is 6.54. The van der Waals surface area contributed by atoms with Gasteiger partial charge in [0.25, 0.3) is 0 Å². The Morgan fingerprint density at radius 3 is 1.67 bits per heavy atom. The Hall–Kier alpha value is -1.84. The highest BCUT2D eigenvalue weighted by Gasteiger charge is 2.32. The van der Waals surface area contributed by atoms with Crippen LogP contribution in [0.4, 0.5) is 0 Å². The van der Waals surface area contributed by atoms with Crippen LogP contribution in [0, 0.1) is 18.8 Å². The van der Waals surface area contributed by atoms with Crippen molar-refractivity contribution in [3.63, 3.8) is 0 Å². The predicted molar refractivity (Wildman–Crippen MR) is 139 cm³/mol. The fourth-order valence-corrected chi connectivity index (χ4v) is 4.36. The normalized spacial score (nSPS) is 13.6. The molecule has 2 aromatic carbocycles. The summed E-state index contributed by atoms with van der Waals surface area (Å²) in [5, 5.41) is 0. The maximum absolute atomic E-state index is 6.54. The molecule has 0 amide bonds. The second-order valence-corrected chi connectivity index (χ2v) is 11.1. The minimum absolute atomic E-state index is 0.481. The Kier molecular flexibility index (Phi) is 9.18. The minimum atomic E-state index is -0.481. The summed E-state index contributed by atoms with van der Waals surface area (Å²) in [6.45, 7) is 20.2. The van der Waals surface area contributed by atoms with Crippen LogP contribution < -0.4 is 4.74 Å². The molecule has 0 spiro atoms. The smallest absolute Gasteiger partial charge is 0.131 e. The summed E-state index contributed by atoms with van der Waals surface area (Å²) in [4.78, 5) is 0. The first-order chi connectivity index (χ1) is 15.3. The van der Waals surface area contributed by atoms with Crippen LogP contribution in [0.3, 0.4) is 0 Å². The second-order valence-electron chi connectivity index (χ2n) is 11.1. The van der Waals surface area contributed by atoms with Gasteiger partial charge in [0.05, 0.1) is 11.2 Å². The zero-order valence-electron chi connectivity index (χ0n) is 22.8. The summed E-state index contributed by atoms with van der Waals surface area (Å²) in [6, 6.07) is 13.3. The molecule has 0 saturated heterocycles. The molecular weight excluding hydrogens is 408 g/mol. The van der Waals surface area contributed by atoms with Gasteiger partial charge in [0.2, 0.25) is 0 Å². The monoisotopic (exact) mass is 454 g/mol. The van der Waals surface area contributed by atoms with Crippen LogP contribution in [0.2, 0.25) is 0 Å². The average Bonchev–Trinajstić information content (AvgIpc) is 2.76. The van der Waals surface area contributed by atoms with Crippen molar-refractivity contribution in [2.75, 3.05) is 14.2 Å². The zero-order valence-corrected chi connectivity index (χ0v) is 22.8. The largest absolute Gasteiger partial charge is 0.488 e. The SMILES string of the molecule is COC(C)(C)c1cc(C)cc(C(C)(C)OC)c1OCc1ccc(C(CC(C)C)C(C)C)cc1. The highest BCUT2D eigenvalue weighted by molar-refractivity contribution is 5.50. The van der Waals surface area contributed by atoms with E-state index in [1.165, 1.54) is 12.0 Å². The predicted octanol–water partition coefficient (Wildman–Crippen LogP) is 8.12. The van der Waals surface area contributed by atoms with Gasteiger partial charge in [-0.3, -0.25) is 0 Å². The van der Waals surface area contributed by atoms with E-state index in [4.69, 9.17) is 14.2 Å². The van der Waals surface area contributed by atoms with E-state index in [9.17, 15) is 0 Å². The van der Waals surface area contributed by atoms with Crippen molar-refractivity contribution >= 4 is 0 Å². The number of benzene rings is 2. The Morgan fingerprint density at radius 2 is 1.27 bits per heavy atom. The third kappa shape index (κ3) is 6.83. The molecule has 2 rings (SSSR count). The molecular formula is C30H46O3. The summed E-state index contributed by atoms with van der Waals surface area (Å²) >= 11 is 0. The van der Waals surface area contributed by atoms with Crippen molar-refractivity contribution < 1.29 is 14.2 Å². The van der Waals surface area contributed by atoms with E-state index in [0.29, 0.717) is 24.4 Å². The number of hydrogen-bond acceptors (Lipinski definition) is 3. The molecule has 0 fully saturated rings. The average molecular weight is 455 g/mol. The van der Waals surface area contributed by atoms with Gasteiger partial charge in [-0.1, -0.05) is 57.5 Å². The summed E-state index contributed by atoms with van der Waals surface area (Å²) in [5.74, 6) is 2.75. The van der Waals surface area contributed by atoms with Gasteiger partial charge in [0, 0.05) is 25.3 Å². The Morgan fingerprint density at radius 1 is 0.788 bits per heavy atom. The van der Waals surface area contributed by atoms with Crippen LogP contribution in [-0.2, 0) is 27.3 Å². The van der Waals surface area contributed by atoms with Crippen LogP contribution in [0.15, 0.2) is 36.4 Å². The van der Waals surface area contributed by atoms with Crippen molar-refractivity contribution in [3.8, 4) is 5.75 Å². The van der Waals surface area contributed by atoms with Gasteiger partial charge >= 0.3 is 0 Å². The van der Waals surface area contributed by atoms with E-state index < -0.39 is 11.2 Å². The summed E-state index contributed by atoms with van der Waals surface area (Å²) in [6.07, 6.45) is 1.21. The molecule has 0 saturated carbocycles. The molecule has 0 aliphatic heterocycles. The van der Waals surface area contributed by atoms with Gasteiger partial charge in [-0.2, -0.15) is 0 Å². The van der Waals surface area contributed by atoms with E-state index in [2.05, 4.69) is 98.7 Å². The van der Waals surface area contributed by atoms with Gasteiger partial charge in [-0.05, 0) is 82.1 Å². The lowest BCUT2D eigenvalue weighted by molar-refractivity contribution is 0.00834. The van der Waals surface area contributed by atoms with Crippen LogP contribution in [0.25, 0.3) is 0 Å². The fraction of sp³-hybridized carbons (Fsp3) is 0.600. The first-order valence-corrected chi connectivity index (χ1v) is 12.3. The highest BCUT2D eigenvalue weighted by Crippen LogP contribution is 2.42. The molecule has 0 heterocycles. The van der Waals surface area contributed by atoms with Crippen LogP contribution in [0.5, 0.6) is 5.75 Å². The van der Waals surface area contributed by atoms with E-state index in [1.54, 1.807) is 14.2 Å². The maximum Gasteiger partial charge on any atom is 0.131 e. The van der Waals surface area contributed by atoms with Crippen molar-refractivity contribution in [2.45, 2.75) is 92.5 Å². The third-order valence-corrected chi connectivity index (χ3v) is 6.87. The summed E-state index contributed by atoms with van der Waals surface area (Å²) in [5.41, 5.74) is 4.86. The molecule has 0 radical (unpaired) electrons. The molecule has 184 valence electrons. The lowest BCUT2D eigenvalue weighted by Gasteiger charge is -2.32. The van der Waals surface area contributed by atoms with Gasteiger partial charge in [0.1, 0.15) is 12.4 Å². The van der Waals surface area contributed by atoms with Crippen molar-refractivity contribution in [2.24, 2.45) is 11.8 Å². The van der Waals surface area contributed by atoms with Gasteiger partial charge < -0.3 is 14.2 Å². The van der Waals surface area contributed by atoms with E-state index in [1.807, 2.05) is 0 Å². The van der Waals surface area contributed by atoms with Crippen molar-refractivity contribution in [1.29, 1.82) is 0 Å². The number of hydrogen-bond donors (Lipinski definition) is 0. The van der Waals surface area contributed by atoms with E-state index >= 15 is 0 Å². The molecule has 0 aromatic heterocycles. The lowest BCUT2D eigenvalue weighted by atomic mass is 9.82. The Balaban J connectivity index is 2.39. The van der Waals surface area contributed by atoms with Gasteiger partial charge in [-0.25, -0.2) is 0 Å². The number of ether oxygens (including phenoxy) is 3. The van der Waals surface area contributed by atoms with E-state index in [0.717, 1.165) is 28.0 Å². The van der Waals surface area contributed by atoms with Crippen molar-refractivity contribution in [1.82, 2.24) is 0 Å². The molecule has 0 aliphatic rings. The number of rotatable bonds is 11. The third-order valence-electron chi connectivity index (χ3n) is 6.87. The van der Waals surface area contributed by atoms with Crippen molar-refractivity contribution in [3.05, 3.63) is 64.2 Å². The Labute approximate surface area is 202 Å². The molecule has 0 bridgehead atoms. The lowest BCUT2D eigenvalue weighted by Crippen LogP contribution is -2.26. The molecule has 1 unspecified atom stereocenters.